The van der Waals surface area contributed by atoms with Crippen molar-refractivity contribution in [2.24, 2.45) is 5.41 Å². The van der Waals surface area contributed by atoms with Gasteiger partial charge in [-0.15, -0.1) is 0 Å². The molecule has 0 spiro atoms. The number of aliphatic carboxylic acids is 1. The van der Waals surface area contributed by atoms with Crippen LogP contribution < -0.4 is 0 Å². The largest absolute Gasteiger partial charge is 0.481 e. The smallest absolute Gasteiger partial charge is 0.309 e. The van der Waals surface area contributed by atoms with E-state index in [0.717, 1.165) is 38.5 Å². The van der Waals surface area contributed by atoms with Crippen LogP contribution >= 0.6 is 0 Å². The van der Waals surface area contributed by atoms with E-state index in [0.29, 0.717) is 0 Å². The maximum absolute atomic E-state index is 12.4. The minimum atomic E-state index is -0.505. The zero-order valence-electron chi connectivity index (χ0n) is 21.8. The Hall–Kier alpha value is -0.530. The Morgan fingerprint density at radius 3 is 0.903 bits per heavy atom. The first-order valence-corrected chi connectivity index (χ1v) is 14.4. The number of carboxylic acid groups (broad SMARTS) is 1. The summed E-state index contributed by atoms with van der Waals surface area (Å²) in [6.45, 7) is 6.77. The molecule has 0 radical (unpaired) electrons. The van der Waals surface area contributed by atoms with Gasteiger partial charge in [0.25, 0.3) is 0 Å². The van der Waals surface area contributed by atoms with E-state index in [1.807, 2.05) is 0 Å². The molecule has 0 unspecified atom stereocenters. The highest BCUT2D eigenvalue weighted by Gasteiger charge is 2.36. The molecule has 0 bridgehead atoms. The standard InChI is InChI=1S/C29H58O2/c1-4-7-10-13-16-17-18-21-24-27-29(28(30)31,25-22-19-14-11-8-5-2)26-23-20-15-12-9-6-3/h4-27H2,1-3H3,(H,30,31). The fraction of sp³-hybridized carbons (Fsp3) is 0.966. The molecule has 0 aliphatic heterocycles. The van der Waals surface area contributed by atoms with E-state index in [-0.39, 0.29) is 0 Å². The Morgan fingerprint density at radius 2 is 0.677 bits per heavy atom. The van der Waals surface area contributed by atoms with Crippen molar-refractivity contribution in [1.29, 1.82) is 0 Å². The van der Waals surface area contributed by atoms with Crippen LogP contribution in [0.1, 0.15) is 175 Å². The quantitative estimate of drug-likeness (QED) is 0.144. The minimum Gasteiger partial charge on any atom is -0.481 e. The maximum atomic E-state index is 12.4. The predicted molar refractivity (Wildman–Crippen MR) is 138 cm³/mol. The molecule has 31 heavy (non-hydrogen) atoms. The zero-order valence-corrected chi connectivity index (χ0v) is 21.8. The molecular weight excluding hydrogens is 380 g/mol. The monoisotopic (exact) mass is 438 g/mol. The molecule has 2 heteroatoms. The fourth-order valence-electron chi connectivity index (χ4n) is 4.96. The third kappa shape index (κ3) is 17.7. The normalized spacial score (nSPS) is 11.8. The average Bonchev–Trinajstić information content (AvgIpc) is 2.76. The molecule has 0 fully saturated rings. The summed E-state index contributed by atoms with van der Waals surface area (Å²) in [5.74, 6) is -0.505. The molecule has 0 rings (SSSR count). The lowest BCUT2D eigenvalue weighted by Gasteiger charge is -2.30. The van der Waals surface area contributed by atoms with Crippen molar-refractivity contribution in [3.05, 3.63) is 0 Å². The lowest BCUT2D eigenvalue weighted by Crippen LogP contribution is -2.31. The molecule has 1 N–H and O–H groups in total. The van der Waals surface area contributed by atoms with E-state index in [9.17, 15) is 9.90 Å². The van der Waals surface area contributed by atoms with Gasteiger partial charge in [-0.3, -0.25) is 4.79 Å². The molecular formula is C29H58O2. The highest BCUT2D eigenvalue weighted by Crippen LogP contribution is 2.38. The highest BCUT2D eigenvalue weighted by molar-refractivity contribution is 5.74. The molecule has 0 saturated carbocycles. The van der Waals surface area contributed by atoms with Gasteiger partial charge >= 0.3 is 5.97 Å². The van der Waals surface area contributed by atoms with Crippen molar-refractivity contribution in [3.63, 3.8) is 0 Å². The second kappa shape index (κ2) is 22.7. The van der Waals surface area contributed by atoms with Crippen LogP contribution in [0.25, 0.3) is 0 Å². The van der Waals surface area contributed by atoms with Gasteiger partial charge in [-0.2, -0.15) is 0 Å². The third-order valence-electron chi connectivity index (χ3n) is 7.23. The van der Waals surface area contributed by atoms with Crippen LogP contribution in [-0.2, 0) is 4.79 Å². The summed E-state index contributed by atoms with van der Waals surface area (Å²) in [5, 5.41) is 10.2. The van der Waals surface area contributed by atoms with E-state index in [4.69, 9.17) is 0 Å². The molecule has 0 aliphatic rings. The zero-order chi connectivity index (χ0) is 23.0. The van der Waals surface area contributed by atoms with Crippen LogP contribution in [0, 0.1) is 5.41 Å². The van der Waals surface area contributed by atoms with Crippen molar-refractivity contribution in [3.8, 4) is 0 Å². The van der Waals surface area contributed by atoms with Crippen molar-refractivity contribution in [1.82, 2.24) is 0 Å². The Morgan fingerprint density at radius 1 is 0.452 bits per heavy atom. The van der Waals surface area contributed by atoms with Crippen LogP contribution in [0.15, 0.2) is 0 Å². The van der Waals surface area contributed by atoms with Gasteiger partial charge in [0.15, 0.2) is 0 Å². The molecule has 0 heterocycles. The van der Waals surface area contributed by atoms with E-state index >= 15 is 0 Å². The molecule has 0 aromatic heterocycles. The number of carboxylic acids is 1. The Kier molecular flexibility index (Phi) is 22.3. The summed E-state index contributed by atoms with van der Waals surface area (Å²) in [4.78, 5) is 12.4. The molecule has 0 aliphatic carbocycles. The van der Waals surface area contributed by atoms with Gasteiger partial charge in [0.05, 0.1) is 5.41 Å². The third-order valence-corrected chi connectivity index (χ3v) is 7.23. The van der Waals surface area contributed by atoms with Gasteiger partial charge in [0.2, 0.25) is 0 Å². The molecule has 0 aromatic rings. The Bertz CT molecular complexity index is 361. The average molecular weight is 439 g/mol. The molecule has 2 nitrogen and oxygen atoms in total. The van der Waals surface area contributed by atoms with Gasteiger partial charge in [0.1, 0.15) is 0 Å². The summed E-state index contributed by atoms with van der Waals surface area (Å²) < 4.78 is 0. The van der Waals surface area contributed by atoms with Gasteiger partial charge in [-0.1, -0.05) is 156 Å². The number of unbranched alkanes of at least 4 members (excludes halogenated alkanes) is 18. The first kappa shape index (κ1) is 30.5. The summed E-state index contributed by atoms with van der Waals surface area (Å²) >= 11 is 0. The number of rotatable bonds is 25. The summed E-state index contributed by atoms with van der Waals surface area (Å²) in [6.07, 6.45) is 29.4. The van der Waals surface area contributed by atoms with Crippen LogP contribution in [0.3, 0.4) is 0 Å². The van der Waals surface area contributed by atoms with E-state index in [2.05, 4.69) is 20.8 Å². The first-order valence-electron chi connectivity index (χ1n) is 14.4. The fourth-order valence-corrected chi connectivity index (χ4v) is 4.96. The molecule has 0 aromatic carbocycles. The van der Waals surface area contributed by atoms with Crippen LogP contribution in [0.5, 0.6) is 0 Å². The summed E-state index contributed by atoms with van der Waals surface area (Å²) in [7, 11) is 0. The maximum Gasteiger partial charge on any atom is 0.309 e. The van der Waals surface area contributed by atoms with Crippen molar-refractivity contribution < 1.29 is 9.90 Å². The molecule has 0 saturated heterocycles. The van der Waals surface area contributed by atoms with Gasteiger partial charge in [-0.25, -0.2) is 0 Å². The second-order valence-corrected chi connectivity index (χ2v) is 10.2. The molecule has 0 atom stereocenters. The van der Waals surface area contributed by atoms with Crippen molar-refractivity contribution in [2.45, 2.75) is 175 Å². The molecule has 186 valence electrons. The van der Waals surface area contributed by atoms with Gasteiger partial charge < -0.3 is 5.11 Å². The van der Waals surface area contributed by atoms with E-state index in [1.54, 1.807) is 0 Å². The van der Waals surface area contributed by atoms with Crippen LogP contribution in [0.2, 0.25) is 0 Å². The number of hydrogen-bond acceptors (Lipinski definition) is 1. The SMILES string of the molecule is CCCCCCCCCCCC(CCCCCCCC)(CCCCCCCC)C(=O)O. The Balaban J connectivity index is 4.40. The summed E-state index contributed by atoms with van der Waals surface area (Å²) in [5.41, 5.74) is -0.448. The second-order valence-electron chi connectivity index (χ2n) is 10.2. The summed E-state index contributed by atoms with van der Waals surface area (Å²) in [6, 6.07) is 0. The van der Waals surface area contributed by atoms with Gasteiger partial charge in [0, 0.05) is 0 Å². The van der Waals surface area contributed by atoms with Crippen molar-refractivity contribution in [2.75, 3.05) is 0 Å². The first-order chi connectivity index (χ1) is 15.1. The van der Waals surface area contributed by atoms with Crippen LogP contribution in [-0.4, -0.2) is 11.1 Å². The van der Waals surface area contributed by atoms with E-state index < -0.39 is 11.4 Å². The minimum absolute atomic E-state index is 0.448. The van der Waals surface area contributed by atoms with Crippen LogP contribution in [0.4, 0.5) is 0 Å². The van der Waals surface area contributed by atoms with Gasteiger partial charge in [-0.05, 0) is 19.3 Å². The van der Waals surface area contributed by atoms with Crippen molar-refractivity contribution >= 4 is 5.97 Å². The number of hydrogen-bond donors (Lipinski definition) is 1. The lowest BCUT2D eigenvalue weighted by molar-refractivity contribution is -0.150. The Labute approximate surface area is 196 Å². The lowest BCUT2D eigenvalue weighted by atomic mass is 9.74. The predicted octanol–water partition coefficient (Wildman–Crippen LogP) is 10.5. The number of carbonyl (C=O) groups is 1. The molecule has 0 amide bonds. The highest BCUT2D eigenvalue weighted by atomic mass is 16.4. The topological polar surface area (TPSA) is 37.3 Å². The van der Waals surface area contributed by atoms with E-state index in [1.165, 1.54) is 116 Å².